The summed E-state index contributed by atoms with van der Waals surface area (Å²) in [7, 11) is 0. The maximum absolute atomic E-state index is 12.9. The molecule has 0 aliphatic carbocycles. The van der Waals surface area contributed by atoms with Crippen molar-refractivity contribution in [1.29, 1.82) is 0 Å². The van der Waals surface area contributed by atoms with E-state index < -0.39 is 0 Å². The van der Waals surface area contributed by atoms with E-state index >= 15 is 0 Å². The summed E-state index contributed by atoms with van der Waals surface area (Å²) in [6.07, 6.45) is 1.64. The molecule has 3 aromatic rings. The predicted octanol–water partition coefficient (Wildman–Crippen LogP) is 2.47. The number of carbonyl (C=O) groups is 1. The lowest BCUT2D eigenvalue weighted by Crippen LogP contribution is -2.36. The van der Waals surface area contributed by atoms with Crippen LogP contribution in [0.25, 0.3) is 0 Å². The number of carbonyl (C=O) groups excluding carboxylic acids is 1. The van der Waals surface area contributed by atoms with E-state index in [1.807, 2.05) is 24.3 Å². The molecule has 4 rings (SSSR count). The highest BCUT2D eigenvalue weighted by Crippen LogP contribution is 2.19. The number of nitrogens with one attached hydrogen (secondary N) is 1. The Hall–Kier alpha value is -3.46. The Bertz CT molecular complexity index is 969. The summed E-state index contributed by atoms with van der Waals surface area (Å²) in [5.74, 6) is 0.00397. The Morgan fingerprint density at radius 1 is 1.10 bits per heavy atom. The van der Waals surface area contributed by atoms with Crippen molar-refractivity contribution < 1.29 is 18.7 Å². The molecule has 1 N–H and O–H groups in total. The van der Waals surface area contributed by atoms with E-state index in [0.717, 1.165) is 37.7 Å². The van der Waals surface area contributed by atoms with Crippen molar-refractivity contribution in [2.45, 2.75) is 13.2 Å². The molecule has 8 nitrogen and oxygen atoms in total. The molecule has 1 aliphatic rings. The van der Waals surface area contributed by atoms with Gasteiger partial charge in [0.05, 0.1) is 19.4 Å². The molecule has 1 aliphatic heterocycles. The molecule has 1 aromatic heterocycles. The van der Waals surface area contributed by atoms with Crippen LogP contribution in [0.4, 0.5) is 15.8 Å². The molecule has 1 fully saturated rings. The molecule has 0 spiro atoms. The first-order valence-electron chi connectivity index (χ1n) is 9.66. The van der Waals surface area contributed by atoms with Gasteiger partial charge in [-0.2, -0.15) is 0 Å². The van der Waals surface area contributed by atoms with E-state index in [-0.39, 0.29) is 24.9 Å². The maximum Gasteiger partial charge on any atom is 0.246 e. The SMILES string of the molecule is O=C(Cn1cc(COc2ccc(F)cc2)nn1)Nc1ccc(N2CCOCC2)cc1. The zero-order valence-corrected chi connectivity index (χ0v) is 16.3. The zero-order chi connectivity index (χ0) is 20.8. The monoisotopic (exact) mass is 411 g/mol. The van der Waals surface area contributed by atoms with E-state index in [9.17, 15) is 9.18 Å². The van der Waals surface area contributed by atoms with Crippen LogP contribution in [0.3, 0.4) is 0 Å². The standard InChI is InChI=1S/C21H22FN5O3/c22-16-1-7-20(8-2-16)30-15-18-13-27(25-24-18)14-21(28)23-17-3-5-19(6-4-17)26-9-11-29-12-10-26/h1-8,13H,9-12,14-15H2,(H,23,28). The van der Waals surface area contributed by atoms with Gasteiger partial charge in [0.1, 0.15) is 30.4 Å². The molecule has 0 saturated carbocycles. The summed E-state index contributed by atoms with van der Waals surface area (Å²) in [4.78, 5) is 14.5. The van der Waals surface area contributed by atoms with Gasteiger partial charge in [-0.15, -0.1) is 5.10 Å². The van der Waals surface area contributed by atoms with Crippen molar-refractivity contribution in [3.05, 3.63) is 66.2 Å². The number of amides is 1. The third kappa shape index (κ3) is 5.32. The average molecular weight is 411 g/mol. The minimum absolute atomic E-state index is 0.0365. The summed E-state index contributed by atoms with van der Waals surface area (Å²) in [6, 6.07) is 13.5. The Morgan fingerprint density at radius 3 is 2.57 bits per heavy atom. The first-order valence-corrected chi connectivity index (χ1v) is 9.66. The Morgan fingerprint density at radius 2 is 1.83 bits per heavy atom. The van der Waals surface area contributed by atoms with E-state index in [0.29, 0.717) is 11.4 Å². The maximum atomic E-state index is 12.9. The highest BCUT2D eigenvalue weighted by atomic mass is 19.1. The van der Waals surface area contributed by atoms with E-state index in [2.05, 4.69) is 20.5 Å². The highest BCUT2D eigenvalue weighted by Gasteiger charge is 2.12. The lowest BCUT2D eigenvalue weighted by molar-refractivity contribution is -0.116. The fourth-order valence-corrected chi connectivity index (χ4v) is 3.09. The van der Waals surface area contributed by atoms with Gasteiger partial charge in [0, 0.05) is 24.5 Å². The number of halogens is 1. The van der Waals surface area contributed by atoms with Crippen LogP contribution in [-0.4, -0.2) is 47.2 Å². The van der Waals surface area contributed by atoms with Gasteiger partial charge in [-0.1, -0.05) is 5.21 Å². The number of nitrogens with zero attached hydrogens (tertiary/aromatic N) is 4. The summed E-state index contributed by atoms with van der Waals surface area (Å²) in [5.41, 5.74) is 2.40. The van der Waals surface area contributed by atoms with E-state index in [1.165, 1.54) is 28.9 Å². The van der Waals surface area contributed by atoms with Crippen LogP contribution in [0.15, 0.2) is 54.7 Å². The number of ether oxygens (including phenoxy) is 2. The molecule has 0 bridgehead atoms. The molecule has 9 heteroatoms. The van der Waals surface area contributed by atoms with E-state index in [4.69, 9.17) is 9.47 Å². The second-order valence-electron chi connectivity index (χ2n) is 6.84. The summed E-state index contributed by atoms with van der Waals surface area (Å²) in [6.45, 7) is 3.40. The van der Waals surface area contributed by atoms with Crippen molar-refractivity contribution in [2.24, 2.45) is 0 Å². The van der Waals surface area contributed by atoms with Gasteiger partial charge in [-0.3, -0.25) is 4.79 Å². The number of hydrogen-bond donors (Lipinski definition) is 1. The molecule has 0 unspecified atom stereocenters. The number of hydrogen-bond acceptors (Lipinski definition) is 6. The van der Waals surface area contributed by atoms with Crippen LogP contribution in [0, 0.1) is 5.82 Å². The van der Waals surface area contributed by atoms with Crippen LogP contribution < -0.4 is 15.0 Å². The number of rotatable bonds is 7. The fourth-order valence-electron chi connectivity index (χ4n) is 3.09. The third-order valence-electron chi connectivity index (χ3n) is 4.62. The molecule has 2 aromatic carbocycles. The van der Waals surface area contributed by atoms with Gasteiger partial charge in [0.2, 0.25) is 5.91 Å². The van der Waals surface area contributed by atoms with Gasteiger partial charge < -0.3 is 19.7 Å². The summed E-state index contributed by atoms with van der Waals surface area (Å²) < 4.78 is 25.2. The summed E-state index contributed by atoms with van der Waals surface area (Å²) >= 11 is 0. The molecule has 30 heavy (non-hydrogen) atoms. The lowest BCUT2D eigenvalue weighted by atomic mass is 10.2. The smallest absolute Gasteiger partial charge is 0.246 e. The topological polar surface area (TPSA) is 81.5 Å². The van der Waals surface area contributed by atoms with E-state index in [1.54, 1.807) is 6.20 Å². The number of aromatic nitrogens is 3. The van der Waals surface area contributed by atoms with Crippen molar-refractivity contribution in [3.63, 3.8) is 0 Å². The van der Waals surface area contributed by atoms with Gasteiger partial charge in [0.25, 0.3) is 0 Å². The molecule has 156 valence electrons. The minimum Gasteiger partial charge on any atom is -0.487 e. The summed E-state index contributed by atoms with van der Waals surface area (Å²) in [5, 5.41) is 10.8. The van der Waals surface area contributed by atoms with Crippen LogP contribution in [0.1, 0.15) is 5.69 Å². The molecule has 0 atom stereocenters. The quantitative estimate of drug-likeness (QED) is 0.643. The second-order valence-corrected chi connectivity index (χ2v) is 6.84. The van der Waals surface area contributed by atoms with Gasteiger partial charge >= 0.3 is 0 Å². The van der Waals surface area contributed by atoms with Crippen LogP contribution in [0.5, 0.6) is 5.75 Å². The van der Waals surface area contributed by atoms with Crippen LogP contribution >= 0.6 is 0 Å². The molecule has 2 heterocycles. The molecule has 1 saturated heterocycles. The Kier molecular flexibility index (Phi) is 6.19. The van der Waals surface area contributed by atoms with Crippen molar-refractivity contribution in [3.8, 4) is 5.75 Å². The predicted molar refractivity (Wildman–Crippen MR) is 109 cm³/mol. The zero-order valence-electron chi connectivity index (χ0n) is 16.3. The Balaban J connectivity index is 1.26. The first-order chi connectivity index (χ1) is 14.7. The van der Waals surface area contributed by atoms with Crippen molar-refractivity contribution in [2.75, 3.05) is 36.5 Å². The molecule has 1 amide bonds. The molecule has 0 radical (unpaired) electrons. The third-order valence-corrected chi connectivity index (χ3v) is 4.62. The highest BCUT2D eigenvalue weighted by molar-refractivity contribution is 5.90. The fraction of sp³-hybridized carbons (Fsp3) is 0.286. The first kappa shape index (κ1) is 19.8. The number of morpholine rings is 1. The Labute approximate surface area is 173 Å². The van der Waals surface area contributed by atoms with Crippen LogP contribution in [0.2, 0.25) is 0 Å². The number of anilines is 2. The molecular weight excluding hydrogens is 389 g/mol. The van der Waals surface area contributed by atoms with Gasteiger partial charge in [0.15, 0.2) is 0 Å². The molecular formula is C21H22FN5O3. The van der Waals surface area contributed by atoms with Crippen molar-refractivity contribution >= 4 is 17.3 Å². The van der Waals surface area contributed by atoms with Gasteiger partial charge in [-0.05, 0) is 48.5 Å². The van der Waals surface area contributed by atoms with Crippen molar-refractivity contribution in [1.82, 2.24) is 15.0 Å². The average Bonchev–Trinajstić information content (AvgIpc) is 3.21. The second kappa shape index (κ2) is 9.36. The van der Waals surface area contributed by atoms with Crippen LogP contribution in [-0.2, 0) is 22.7 Å². The normalized spacial score (nSPS) is 13.8. The lowest BCUT2D eigenvalue weighted by Gasteiger charge is -2.28. The van der Waals surface area contributed by atoms with Gasteiger partial charge in [-0.25, -0.2) is 9.07 Å². The minimum atomic E-state index is -0.324. The largest absolute Gasteiger partial charge is 0.487 e. The number of benzene rings is 2.